The number of carboxylic acids is 1. The van der Waals surface area contributed by atoms with Gasteiger partial charge in [0.25, 0.3) is 0 Å². The van der Waals surface area contributed by atoms with Gasteiger partial charge >= 0.3 is 11.9 Å². The molecule has 1 N–H and O–H groups in total. The fourth-order valence-electron chi connectivity index (χ4n) is 2.34. The topological polar surface area (TPSA) is 63.6 Å². The number of carboxylic acid groups (broad SMARTS) is 1. The van der Waals surface area contributed by atoms with Gasteiger partial charge < -0.3 is 9.84 Å². The minimum Gasteiger partial charge on any atom is -0.479 e. The molecule has 0 spiro atoms. The van der Waals surface area contributed by atoms with Crippen LogP contribution in [0.4, 0.5) is 0 Å². The van der Waals surface area contributed by atoms with E-state index in [1.807, 2.05) is 20.8 Å². The van der Waals surface area contributed by atoms with E-state index in [4.69, 9.17) is 16.3 Å². The van der Waals surface area contributed by atoms with Gasteiger partial charge in [-0.05, 0) is 37.5 Å². The number of esters is 1. The zero-order chi connectivity index (χ0) is 17.3. The largest absolute Gasteiger partial charge is 0.479 e. The van der Waals surface area contributed by atoms with Crippen molar-refractivity contribution in [3.05, 3.63) is 0 Å². The Hall–Kier alpha value is -0.770. The van der Waals surface area contributed by atoms with Crippen molar-refractivity contribution in [2.24, 2.45) is 11.8 Å². The standard InChI is InChI=1S/C17H31ClO4/c1-6-14(10-8-7-9-12(2)3)22-16(21)17(18,15(19)20)11-13(4)5/h12-14H,6-11H2,1-5H3,(H,19,20). The van der Waals surface area contributed by atoms with Crippen molar-refractivity contribution >= 4 is 23.5 Å². The van der Waals surface area contributed by atoms with Crippen LogP contribution in [-0.4, -0.2) is 28.0 Å². The number of ether oxygens (including phenoxy) is 1. The van der Waals surface area contributed by atoms with Crippen molar-refractivity contribution in [3.8, 4) is 0 Å². The number of rotatable bonds is 11. The van der Waals surface area contributed by atoms with Crippen molar-refractivity contribution in [1.82, 2.24) is 0 Å². The molecule has 2 unspecified atom stereocenters. The Morgan fingerprint density at radius 3 is 2.05 bits per heavy atom. The first kappa shape index (κ1) is 21.2. The van der Waals surface area contributed by atoms with Gasteiger partial charge in [0.1, 0.15) is 6.10 Å². The van der Waals surface area contributed by atoms with Gasteiger partial charge in [-0.25, -0.2) is 9.59 Å². The summed E-state index contributed by atoms with van der Waals surface area (Å²) in [5, 5.41) is 9.28. The van der Waals surface area contributed by atoms with Gasteiger partial charge in [0.05, 0.1) is 0 Å². The molecular weight excluding hydrogens is 304 g/mol. The Balaban J connectivity index is 4.57. The van der Waals surface area contributed by atoms with E-state index in [0.717, 1.165) is 25.7 Å². The van der Waals surface area contributed by atoms with Crippen LogP contribution in [0, 0.1) is 11.8 Å². The quantitative estimate of drug-likeness (QED) is 0.259. The van der Waals surface area contributed by atoms with Crippen LogP contribution in [-0.2, 0) is 14.3 Å². The first-order valence-electron chi connectivity index (χ1n) is 8.26. The van der Waals surface area contributed by atoms with Gasteiger partial charge in [0.15, 0.2) is 0 Å². The molecule has 5 heteroatoms. The molecule has 0 heterocycles. The van der Waals surface area contributed by atoms with Gasteiger partial charge in [-0.3, -0.25) is 0 Å². The fraction of sp³-hybridized carbons (Fsp3) is 0.882. The molecular formula is C17H31ClO4. The maximum absolute atomic E-state index is 12.2. The van der Waals surface area contributed by atoms with Crippen LogP contribution in [0.15, 0.2) is 0 Å². The monoisotopic (exact) mass is 334 g/mol. The van der Waals surface area contributed by atoms with Crippen molar-refractivity contribution in [2.45, 2.75) is 84.1 Å². The highest BCUT2D eigenvalue weighted by Gasteiger charge is 2.47. The number of halogens is 1. The summed E-state index contributed by atoms with van der Waals surface area (Å²) in [5.41, 5.74) is 0. The minimum absolute atomic E-state index is 0.00716. The number of alkyl halides is 1. The molecule has 0 aromatic carbocycles. The molecule has 0 fully saturated rings. The predicted octanol–water partition coefficient (Wildman–Crippen LogP) is 4.63. The third-order valence-corrected chi connectivity index (χ3v) is 4.11. The lowest BCUT2D eigenvalue weighted by molar-refractivity contribution is -0.161. The highest BCUT2D eigenvalue weighted by molar-refractivity contribution is 6.44. The third-order valence-electron chi connectivity index (χ3n) is 3.64. The van der Waals surface area contributed by atoms with E-state index in [0.29, 0.717) is 12.3 Å². The van der Waals surface area contributed by atoms with Crippen molar-refractivity contribution < 1.29 is 19.4 Å². The van der Waals surface area contributed by atoms with Gasteiger partial charge in [0, 0.05) is 0 Å². The average Bonchev–Trinajstić information content (AvgIpc) is 2.40. The van der Waals surface area contributed by atoms with Crippen LogP contribution in [0.2, 0.25) is 0 Å². The van der Waals surface area contributed by atoms with Crippen LogP contribution in [0.25, 0.3) is 0 Å². The first-order chi connectivity index (χ1) is 10.1. The average molecular weight is 335 g/mol. The lowest BCUT2D eigenvalue weighted by Gasteiger charge is -2.25. The lowest BCUT2D eigenvalue weighted by atomic mass is 9.96. The van der Waals surface area contributed by atoms with Gasteiger partial charge in [-0.15, -0.1) is 0 Å². The molecule has 0 aromatic rings. The maximum Gasteiger partial charge on any atom is 0.339 e. The molecule has 0 aliphatic rings. The van der Waals surface area contributed by atoms with Gasteiger partial charge in [-0.2, -0.15) is 0 Å². The number of hydrogen-bond donors (Lipinski definition) is 1. The molecule has 0 saturated carbocycles. The zero-order valence-electron chi connectivity index (χ0n) is 14.5. The molecule has 0 aliphatic heterocycles. The SMILES string of the molecule is CCC(CCCCC(C)C)OC(=O)C(Cl)(CC(C)C)C(=O)O. The number of unbranched alkanes of at least 4 members (excludes halogenated alkanes) is 1. The fourth-order valence-corrected chi connectivity index (χ4v) is 2.69. The normalized spacial score (nSPS) is 15.6. The molecule has 0 radical (unpaired) electrons. The van der Waals surface area contributed by atoms with E-state index in [1.54, 1.807) is 0 Å². The van der Waals surface area contributed by atoms with E-state index in [1.165, 1.54) is 0 Å². The van der Waals surface area contributed by atoms with Crippen LogP contribution in [0.5, 0.6) is 0 Å². The van der Waals surface area contributed by atoms with Crippen molar-refractivity contribution in [3.63, 3.8) is 0 Å². The Morgan fingerprint density at radius 1 is 1.09 bits per heavy atom. The summed E-state index contributed by atoms with van der Waals surface area (Å²) in [6.45, 7) is 9.95. The molecule has 0 bridgehead atoms. The second-order valence-corrected chi connectivity index (χ2v) is 7.46. The summed E-state index contributed by atoms with van der Waals surface area (Å²) in [5.74, 6) is -1.50. The van der Waals surface area contributed by atoms with E-state index in [9.17, 15) is 14.7 Å². The lowest BCUT2D eigenvalue weighted by Crippen LogP contribution is -2.45. The summed E-state index contributed by atoms with van der Waals surface area (Å²) < 4.78 is 5.38. The molecule has 22 heavy (non-hydrogen) atoms. The van der Waals surface area contributed by atoms with Crippen molar-refractivity contribution in [1.29, 1.82) is 0 Å². The van der Waals surface area contributed by atoms with Crippen LogP contribution < -0.4 is 0 Å². The van der Waals surface area contributed by atoms with E-state index in [-0.39, 0.29) is 18.4 Å². The van der Waals surface area contributed by atoms with Crippen LogP contribution in [0.1, 0.15) is 73.1 Å². The van der Waals surface area contributed by atoms with E-state index >= 15 is 0 Å². The minimum atomic E-state index is -1.97. The Kier molecular flexibility index (Phi) is 9.74. The van der Waals surface area contributed by atoms with Crippen molar-refractivity contribution in [2.75, 3.05) is 0 Å². The molecule has 0 aliphatic carbocycles. The highest BCUT2D eigenvalue weighted by Crippen LogP contribution is 2.28. The molecule has 0 aromatic heterocycles. The second-order valence-electron chi connectivity index (χ2n) is 6.82. The number of carbonyl (C=O) groups excluding carboxylic acids is 1. The Bertz CT molecular complexity index is 355. The maximum atomic E-state index is 12.2. The summed E-state index contributed by atoms with van der Waals surface area (Å²) in [6.07, 6.45) is 4.42. The Labute approximate surface area is 139 Å². The highest BCUT2D eigenvalue weighted by atomic mass is 35.5. The molecule has 0 saturated heterocycles. The van der Waals surface area contributed by atoms with Gasteiger partial charge in [-0.1, -0.05) is 59.1 Å². The first-order valence-corrected chi connectivity index (χ1v) is 8.64. The molecule has 4 nitrogen and oxygen atoms in total. The molecule has 0 amide bonds. The summed E-state index contributed by atoms with van der Waals surface area (Å²) in [4.78, 5) is 21.6. The smallest absolute Gasteiger partial charge is 0.339 e. The Morgan fingerprint density at radius 2 is 1.64 bits per heavy atom. The summed E-state index contributed by atoms with van der Waals surface area (Å²) >= 11 is 6.05. The van der Waals surface area contributed by atoms with E-state index < -0.39 is 16.8 Å². The van der Waals surface area contributed by atoms with Crippen LogP contribution >= 0.6 is 11.6 Å². The van der Waals surface area contributed by atoms with E-state index in [2.05, 4.69) is 13.8 Å². The second kappa shape index (κ2) is 10.1. The number of carbonyl (C=O) groups is 2. The van der Waals surface area contributed by atoms with Crippen LogP contribution in [0.3, 0.4) is 0 Å². The molecule has 2 atom stereocenters. The predicted molar refractivity (Wildman–Crippen MR) is 89.2 cm³/mol. The summed E-state index contributed by atoms with van der Waals surface area (Å²) in [6, 6.07) is 0. The third kappa shape index (κ3) is 7.48. The van der Waals surface area contributed by atoms with Gasteiger partial charge in [0.2, 0.25) is 4.87 Å². The number of hydrogen-bond acceptors (Lipinski definition) is 3. The molecule has 0 rings (SSSR count). The summed E-state index contributed by atoms with van der Waals surface area (Å²) in [7, 11) is 0. The molecule has 130 valence electrons. The zero-order valence-corrected chi connectivity index (χ0v) is 15.3. The number of aliphatic carboxylic acids is 1.